The third-order valence-electron chi connectivity index (χ3n) is 13.9. The topological polar surface area (TPSA) is 193 Å². The van der Waals surface area contributed by atoms with Gasteiger partial charge in [-0.15, -0.1) is 0 Å². The van der Waals surface area contributed by atoms with E-state index < -0.39 is 23.4 Å². The Morgan fingerprint density at radius 2 is 1.68 bits per heavy atom. The number of amidine groups is 1. The van der Waals surface area contributed by atoms with Crippen LogP contribution in [0.15, 0.2) is 89.3 Å². The van der Waals surface area contributed by atoms with E-state index in [1.807, 2.05) is 86.3 Å². The predicted molar refractivity (Wildman–Crippen MR) is 284 cm³/mol. The molecule has 7 rings (SSSR count). The number of likely N-dealkylation sites (tertiary alicyclic amines) is 1. The molecular weight excluding hydrogens is 974 g/mol. The van der Waals surface area contributed by atoms with Crippen molar-refractivity contribution in [2.75, 3.05) is 19.0 Å². The standard InChI is InChI=1S/C55H65Cl2N7O7S/c1-32(2)45(28-47(58)62-72-33(3)4)64-50(35-17-19-37(56)20-18-35)42(36-14-10-15-38(57)26-36)29-55(5,54(64)70)30-49(66)60-39-21-22-41(46(27-39)71-6)51(67)59-25-9-7-8-12-34-13-11-16-40-43(34)31-63(53(40)69)44-23-24-48(65)61-52(44)68/h10-11,13-22,26-27,32-33,42,44-45,50H,7-9,12,23-25,28-31H2,1-6H3,(H2,58,62)(H,59,67)(H,60,66)(H,61,65,68)/t42-,44?,45?,50-,55-/m1/s1. The second-order valence-electron chi connectivity index (χ2n) is 19.9. The molecule has 6 amide bonds. The first-order valence-electron chi connectivity index (χ1n) is 24.7. The lowest BCUT2D eigenvalue weighted by molar-refractivity contribution is -0.158. The van der Waals surface area contributed by atoms with Crippen molar-refractivity contribution in [3.05, 3.63) is 128 Å². The molecule has 0 aromatic heterocycles. The van der Waals surface area contributed by atoms with Crippen LogP contribution in [0.5, 0.6) is 5.75 Å². The number of hydrogen-bond acceptors (Lipinski definition) is 9. The number of imide groups is 1. The number of fused-ring (bicyclic) bond motifs is 1. The Morgan fingerprint density at radius 3 is 2.38 bits per heavy atom. The molecular formula is C55H65Cl2N7O7S. The lowest BCUT2D eigenvalue weighted by atomic mass is 9.66. The minimum absolute atomic E-state index is 0.0428. The summed E-state index contributed by atoms with van der Waals surface area (Å²) in [7, 11) is 1.46. The molecule has 5 atom stereocenters. The number of anilines is 1. The number of methoxy groups -OCH3 is 1. The molecule has 2 fully saturated rings. The van der Waals surface area contributed by atoms with E-state index >= 15 is 4.79 Å². The summed E-state index contributed by atoms with van der Waals surface area (Å²) in [4.78, 5) is 84.1. The molecule has 5 N–H and O–H groups in total. The van der Waals surface area contributed by atoms with Gasteiger partial charge in [-0.2, -0.15) is 0 Å². The average Bonchev–Trinajstić information content (AvgIpc) is 3.67. The van der Waals surface area contributed by atoms with Crippen LogP contribution >= 0.6 is 35.1 Å². The quantitative estimate of drug-likeness (QED) is 0.0219. The van der Waals surface area contributed by atoms with Gasteiger partial charge in [0, 0.05) is 76.9 Å². The van der Waals surface area contributed by atoms with E-state index in [1.165, 1.54) is 19.1 Å². The van der Waals surface area contributed by atoms with E-state index in [0.29, 0.717) is 71.5 Å². The maximum absolute atomic E-state index is 15.4. The van der Waals surface area contributed by atoms with Gasteiger partial charge < -0.3 is 30.9 Å². The Balaban J connectivity index is 1.01. The van der Waals surface area contributed by atoms with Gasteiger partial charge in [-0.3, -0.25) is 34.1 Å². The summed E-state index contributed by atoms with van der Waals surface area (Å²) in [6.45, 7) is 10.8. The molecule has 3 aliphatic rings. The SMILES string of the molecule is COc1cc(NC(=O)C[C@@]2(C)C[C@H](c3cccc(Cl)c3)[C@@H](c3ccc(Cl)cc3)N(C(CC(N)=NSC(C)C)C(C)C)C2=O)ccc1C(=O)NCCCCCc1cccc2c1CN(C1CCC(=O)NC1=O)C2=O. The van der Waals surface area contributed by atoms with Gasteiger partial charge in [0.05, 0.1) is 24.1 Å². The molecule has 0 saturated carbocycles. The Labute approximate surface area is 436 Å². The number of benzene rings is 4. The minimum atomic E-state index is -1.17. The highest BCUT2D eigenvalue weighted by atomic mass is 35.5. The molecule has 3 heterocycles. The number of rotatable bonds is 20. The van der Waals surface area contributed by atoms with Gasteiger partial charge in [0.25, 0.3) is 11.8 Å². The van der Waals surface area contributed by atoms with E-state index in [9.17, 15) is 24.0 Å². The molecule has 382 valence electrons. The maximum Gasteiger partial charge on any atom is 0.255 e. The Morgan fingerprint density at radius 1 is 0.931 bits per heavy atom. The van der Waals surface area contributed by atoms with E-state index in [-0.39, 0.29) is 71.3 Å². The first kappa shape index (κ1) is 53.9. The Hall–Kier alpha value is -5.90. The number of carbonyl (C=O) groups excluding carboxylic acids is 6. The molecule has 0 bridgehead atoms. The van der Waals surface area contributed by atoms with Crippen LogP contribution in [-0.4, -0.2) is 82.1 Å². The number of nitrogens with one attached hydrogen (secondary N) is 3. The zero-order valence-electron chi connectivity index (χ0n) is 41.8. The summed E-state index contributed by atoms with van der Waals surface area (Å²) >= 11 is 14.4. The lowest BCUT2D eigenvalue weighted by Crippen LogP contribution is -2.58. The van der Waals surface area contributed by atoms with Gasteiger partial charge in [0.2, 0.25) is 23.6 Å². The summed E-state index contributed by atoms with van der Waals surface area (Å²) in [6, 6.07) is 24.2. The van der Waals surface area contributed by atoms with Crippen LogP contribution < -0.4 is 26.4 Å². The number of ether oxygens (including phenoxy) is 1. The summed E-state index contributed by atoms with van der Waals surface area (Å²) in [5.41, 5.74) is 10.5. The van der Waals surface area contributed by atoms with Crippen molar-refractivity contribution >= 4 is 82.1 Å². The van der Waals surface area contributed by atoms with Gasteiger partial charge >= 0.3 is 0 Å². The van der Waals surface area contributed by atoms with E-state index in [2.05, 4.69) is 34.2 Å². The predicted octanol–water partition coefficient (Wildman–Crippen LogP) is 9.83. The number of nitrogens with zero attached hydrogens (tertiary/aromatic N) is 3. The first-order valence-corrected chi connectivity index (χ1v) is 26.3. The number of hydrogen-bond donors (Lipinski definition) is 4. The fraction of sp³-hybridized carbons (Fsp3) is 0.436. The second-order valence-corrected chi connectivity index (χ2v) is 22.1. The largest absolute Gasteiger partial charge is 0.496 e. The van der Waals surface area contributed by atoms with Gasteiger partial charge in [0.1, 0.15) is 17.6 Å². The Bertz CT molecular complexity index is 2720. The minimum Gasteiger partial charge on any atom is -0.496 e. The Kier molecular flexibility index (Phi) is 17.8. The van der Waals surface area contributed by atoms with E-state index in [0.717, 1.165) is 41.5 Å². The van der Waals surface area contributed by atoms with Crippen molar-refractivity contribution in [3.8, 4) is 5.75 Å². The molecule has 4 aromatic rings. The molecule has 72 heavy (non-hydrogen) atoms. The van der Waals surface area contributed by atoms with Crippen LogP contribution in [-0.2, 0) is 32.1 Å². The lowest BCUT2D eigenvalue weighted by Gasteiger charge is -2.53. The molecule has 14 nitrogen and oxygen atoms in total. The van der Waals surface area contributed by atoms with Crippen molar-refractivity contribution < 1.29 is 33.5 Å². The number of carbonyl (C=O) groups is 6. The van der Waals surface area contributed by atoms with E-state index in [4.69, 9.17) is 33.7 Å². The highest BCUT2D eigenvalue weighted by Crippen LogP contribution is 2.53. The van der Waals surface area contributed by atoms with Crippen molar-refractivity contribution in [1.82, 2.24) is 20.4 Å². The van der Waals surface area contributed by atoms with Gasteiger partial charge in [0.15, 0.2) is 0 Å². The van der Waals surface area contributed by atoms with Crippen molar-refractivity contribution in [2.24, 2.45) is 21.5 Å². The zero-order valence-corrected chi connectivity index (χ0v) is 44.1. The fourth-order valence-electron chi connectivity index (χ4n) is 10.3. The number of unbranched alkanes of at least 4 members (excludes halogenated alkanes) is 2. The van der Waals surface area contributed by atoms with Crippen LogP contribution in [0.4, 0.5) is 5.69 Å². The molecule has 0 radical (unpaired) electrons. The zero-order chi connectivity index (χ0) is 51.9. The van der Waals surface area contributed by atoms with Crippen molar-refractivity contribution in [2.45, 2.75) is 128 Å². The first-order chi connectivity index (χ1) is 34.4. The number of piperidine rings is 2. The summed E-state index contributed by atoms with van der Waals surface area (Å²) in [6.07, 6.45) is 4.12. The van der Waals surface area contributed by atoms with Gasteiger partial charge in [-0.1, -0.05) is 101 Å². The van der Waals surface area contributed by atoms with Crippen molar-refractivity contribution in [1.29, 1.82) is 0 Å². The molecule has 3 aliphatic heterocycles. The fourth-order valence-corrected chi connectivity index (χ4v) is 11.1. The van der Waals surface area contributed by atoms with Crippen LogP contribution in [0.2, 0.25) is 10.0 Å². The molecule has 2 unspecified atom stereocenters. The smallest absolute Gasteiger partial charge is 0.255 e. The highest BCUT2D eigenvalue weighted by Gasteiger charge is 2.53. The number of halogens is 2. The normalized spacial score (nSPS) is 20.7. The summed E-state index contributed by atoms with van der Waals surface area (Å²) in [5.74, 6) is -1.45. The summed E-state index contributed by atoms with van der Waals surface area (Å²) in [5, 5.41) is 9.67. The average molecular weight is 1040 g/mol. The maximum atomic E-state index is 15.4. The number of aryl methyl sites for hydroxylation is 1. The number of nitrogens with two attached hydrogens (primary N) is 1. The molecule has 0 spiro atoms. The molecule has 17 heteroatoms. The van der Waals surface area contributed by atoms with Gasteiger partial charge in [-0.25, -0.2) is 4.40 Å². The summed E-state index contributed by atoms with van der Waals surface area (Å²) < 4.78 is 10.3. The molecule has 0 aliphatic carbocycles. The monoisotopic (exact) mass is 1040 g/mol. The second kappa shape index (κ2) is 23.8. The third-order valence-corrected chi connectivity index (χ3v) is 15.1. The van der Waals surface area contributed by atoms with Crippen LogP contribution in [0, 0.1) is 11.3 Å². The number of amides is 6. The third kappa shape index (κ3) is 12.6. The van der Waals surface area contributed by atoms with Crippen LogP contribution in [0.25, 0.3) is 0 Å². The highest BCUT2D eigenvalue weighted by molar-refractivity contribution is 7.98. The van der Waals surface area contributed by atoms with E-state index in [1.54, 1.807) is 29.2 Å². The molecule has 4 aromatic carbocycles. The van der Waals surface area contributed by atoms with Crippen LogP contribution in [0.1, 0.15) is 141 Å². The van der Waals surface area contributed by atoms with Gasteiger partial charge in [-0.05, 0) is 115 Å². The van der Waals surface area contributed by atoms with Crippen LogP contribution in [0.3, 0.4) is 0 Å². The molecule has 2 saturated heterocycles. The van der Waals surface area contributed by atoms with Crippen molar-refractivity contribution in [3.63, 3.8) is 0 Å².